The molecule has 0 amide bonds. The second-order valence-electron chi connectivity index (χ2n) is 26.5. The van der Waals surface area contributed by atoms with Crippen LogP contribution in [0.1, 0.15) is 52.7 Å². The van der Waals surface area contributed by atoms with E-state index in [1.807, 2.05) is 6.07 Å². The van der Waals surface area contributed by atoms with Crippen LogP contribution in [0.25, 0.3) is 65.8 Å². The molecule has 7 heteroatoms. The summed E-state index contributed by atoms with van der Waals surface area (Å²) in [6, 6.07) is 105. The molecular formula is C84H65BN4O2. The van der Waals surface area contributed by atoms with E-state index >= 15 is 0 Å². The first-order valence-electron chi connectivity index (χ1n) is 31.7. The number of hydrogen-bond donors (Lipinski definition) is 0. The Hall–Kier alpha value is -11.0. The quantitative estimate of drug-likeness (QED) is 0.134. The molecule has 436 valence electrons. The first kappa shape index (κ1) is 54.2. The zero-order chi connectivity index (χ0) is 61.3. The molecule has 17 rings (SSSR count). The molecule has 0 unspecified atom stereocenters. The van der Waals surface area contributed by atoms with Gasteiger partial charge in [-0.3, -0.25) is 0 Å². The maximum Gasteiger partial charge on any atom is 0.253 e. The maximum absolute atomic E-state index is 6.93. The van der Waals surface area contributed by atoms with Crippen LogP contribution in [0.4, 0.5) is 68.2 Å². The van der Waals surface area contributed by atoms with Crippen LogP contribution in [-0.2, 0) is 10.8 Å². The average molecular weight is 1170 g/mol. The predicted molar refractivity (Wildman–Crippen MR) is 385 cm³/mol. The molecule has 0 radical (unpaired) electrons. The minimum absolute atomic E-state index is 0.0491. The molecule has 2 aromatic heterocycles. The van der Waals surface area contributed by atoms with Gasteiger partial charge in [-0.1, -0.05) is 199 Å². The van der Waals surface area contributed by atoms with Crippen LogP contribution >= 0.6 is 0 Å². The molecule has 4 heterocycles. The summed E-state index contributed by atoms with van der Waals surface area (Å²) in [7, 11) is 0. The van der Waals surface area contributed by atoms with E-state index in [1.54, 1.807) is 0 Å². The zero-order valence-electron chi connectivity index (χ0n) is 51.8. The smallest absolute Gasteiger partial charge is 0.253 e. The first-order chi connectivity index (χ1) is 44.4. The van der Waals surface area contributed by atoms with Crippen LogP contribution in [0.2, 0.25) is 0 Å². The topological polar surface area (TPSA) is 39.2 Å². The number of para-hydroxylation sites is 3. The Bertz CT molecular complexity index is 5330. The first-order valence-corrected chi connectivity index (χ1v) is 31.7. The van der Waals surface area contributed by atoms with Crippen molar-refractivity contribution in [1.82, 2.24) is 0 Å². The summed E-state index contributed by atoms with van der Waals surface area (Å²) in [5.41, 5.74) is 24.6. The van der Waals surface area contributed by atoms with Crippen LogP contribution in [0.3, 0.4) is 0 Å². The summed E-state index contributed by atoms with van der Waals surface area (Å²) in [4.78, 5) is 9.98. The van der Waals surface area contributed by atoms with Gasteiger partial charge in [-0.25, -0.2) is 0 Å². The molecule has 0 N–H and O–H groups in total. The minimum Gasteiger partial charge on any atom is -0.456 e. The van der Waals surface area contributed by atoms with Crippen molar-refractivity contribution in [2.45, 2.75) is 52.4 Å². The molecular weight excluding hydrogens is 1110 g/mol. The zero-order valence-corrected chi connectivity index (χ0v) is 51.8. The van der Waals surface area contributed by atoms with Gasteiger partial charge in [0, 0.05) is 84.1 Å². The van der Waals surface area contributed by atoms with Crippen molar-refractivity contribution in [1.29, 1.82) is 0 Å². The van der Waals surface area contributed by atoms with Crippen LogP contribution in [0, 0.1) is 0 Å². The third kappa shape index (κ3) is 9.01. The summed E-state index contributed by atoms with van der Waals surface area (Å²) in [6.45, 7) is 13.5. The highest BCUT2D eigenvalue weighted by atomic mass is 16.3. The van der Waals surface area contributed by atoms with Gasteiger partial charge >= 0.3 is 0 Å². The van der Waals surface area contributed by atoms with Gasteiger partial charge in [-0.2, -0.15) is 0 Å². The largest absolute Gasteiger partial charge is 0.456 e. The molecule has 0 fully saturated rings. The summed E-state index contributed by atoms with van der Waals surface area (Å²) in [5.74, 6) is 0. The molecule has 2 aliphatic heterocycles. The van der Waals surface area contributed by atoms with Gasteiger partial charge in [0.15, 0.2) is 0 Å². The summed E-state index contributed by atoms with van der Waals surface area (Å²) >= 11 is 0. The fourth-order valence-electron chi connectivity index (χ4n) is 14.4. The molecule has 0 saturated heterocycles. The van der Waals surface area contributed by atoms with E-state index in [0.717, 1.165) is 123 Å². The molecule has 15 aromatic rings. The molecule has 0 bridgehead atoms. The fourth-order valence-corrected chi connectivity index (χ4v) is 14.4. The number of benzene rings is 13. The predicted octanol–water partition coefficient (Wildman–Crippen LogP) is 21.9. The van der Waals surface area contributed by atoms with Gasteiger partial charge in [0.1, 0.15) is 22.3 Å². The van der Waals surface area contributed by atoms with Gasteiger partial charge < -0.3 is 28.4 Å². The minimum atomic E-state index is -0.254. The molecule has 6 nitrogen and oxygen atoms in total. The van der Waals surface area contributed by atoms with Gasteiger partial charge in [0.2, 0.25) is 0 Å². The van der Waals surface area contributed by atoms with Gasteiger partial charge in [-0.15, -0.1) is 0 Å². The number of anilines is 12. The van der Waals surface area contributed by atoms with E-state index < -0.39 is 0 Å². The lowest BCUT2D eigenvalue weighted by molar-refractivity contribution is 0.590. The van der Waals surface area contributed by atoms with E-state index in [2.05, 4.69) is 340 Å². The summed E-state index contributed by atoms with van der Waals surface area (Å²) in [6.07, 6.45) is 0. The highest BCUT2D eigenvalue weighted by Gasteiger charge is 2.46. The van der Waals surface area contributed by atoms with E-state index in [-0.39, 0.29) is 17.5 Å². The Morgan fingerprint density at radius 2 is 0.780 bits per heavy atom. The number of furan rings is 2. The second kappa shape index (κ2) is 20.8. The lowest BCUT2D eigenvalue weighted by atomic mass is 9.33. The molecule has 13 aromatic carbocycles. The monoisotopic (exact) mass is 1170 g/mol. The number of fused-ring (bicyclic) bond motifs is 12. The third-order valence-corrected chi connectivity index (χ3v) is 18.9. The van der Waals surface area contributed by atoms with Crippen molar-refractivity contribution in [2.75, 3.05) is 19.6 Å². The van der Waals surface area contributed by atoms with Crippen molar-refractivity contribution in [2.24, 2.45) is 0 Å². The summed E-state index contributed by atoms with van der Waals surface area (Å²) < 4.78 is 13.4. The Kier molecular flexibility index (Phi) is 12.4. The lowest BCUT2D eigenvalue weighted by Crippen LogP contribution is -2.61. The SMILES string of the molecule is CC(C)(C)c1ccc(N2c3cc(N(c4ccc5ccccc5c4)c4ccc5oc6ccccc6c5c4)ccc3B3c4c2cc(N(c2ccccc2)c2ccc(-c5ccccc5)cc2)cc4N(c2ccc(C(C)(C)C)cc2)c2ccc4oc5ccccc5c4c23)cc1. The van der Waals surface area contributed by atoms with Gasteiger partial charge in [-0.05, 0) is 188 Å². The number of nitrogens with zero attached hydrogens (tertiary/aromatic N) is 4. The van der Waals surface area contributed by atoms with E-state index in [1.165, 1.54) is 38.5 Å². The molecule has 0 saturated carbocycles. The van der Waals surface area contributed by atoms with Crippen LogP contribution in [0.5, 0.6) is 0 Å². The van der Waals surface area contributed by atoms with Crippen LogP contribution in [0.15, 0.2) is 294 Å². The Morgan fingerprint density at radius 3 is 1.46 bits per heavy atom. The highest BCUT2D eigenvalue weighted by molar-refractivity contribution is 7.02. The molecule has 0 atom stereocenters. The van der Waals surface area contributed by atoms with E-state index in [0.29, 0.717) is 0 Å². The summed E-state index contributed by atoms with van der Waals surface area (Å²) in [5, 5.41) is 6.72. The van der Waals surface area contributed by atoms with Crippen LogP contribution in [-0.4, -0.2) is 6.71 Å². The molecule has 91 heavy (non-hydrogen) atoms. The second-order valence-corrected chi connectivity index (χ2v) is 26.5. The fraction of sp³-hybridized carbons (Fsp3) is 0.0952. The van der Waals surface area contributed by atoms with Crippen molar-refractivity contribution in [3.63, 3.8) is 0 Å². The molecule has 2 aliphatic rings. The van der Waals surface area contributed by atoms with Crippen molar-refractivity contribution >= 4 is 146 Å². The Morgan fingerprint density at radius 1 is 0.308 bits per heavy atom. The molecule has 0 spiro atoms. The number of hydrogen-bond acceptors (Lipinski definition) is 6. The maximum atomic E-state index is 6.93. The van der Waals surface area contributed by atoms with Gasteiger partial charge in [0.25, 0.3) is 6.71 Å². The lowest BCUT2D eigenvalue weighted by Gasteiger charge is -2.45. The number of rotatable bonds is 9. The van der Waals surface area contributed by atoms with Gasteiger partial charge in [0.05, 0.1) is 5.69 Å². The van der Waals surface area contributed by atoms with Crippen molar-refractivity contribution in [3.8, 4) is 11.1 Å². The molecule has 0 aliphatic carbocycles. The third-order valence-electron chi connectivity index (χ3n) is 18.9. The van der Waals surface area contributed by atoms with E-state index in [9.17, 15) is 0 Å². The van der Waals surface area contributed by atoms with E-state index in [4.69, 9.17) is 8.83 Å². The van der Waals surface area contributed by atoms with Crippen LogP contribution < -0.4 is 36.0 Å². The standard InChI is InChI=1S/C84H65BN4O2/c1-83(2,3)58-32-39-62(40-33-58)88-72-46-48-79-80(69-26-16-18-28-77(69)91-79)82(72)85-71-45-43-66(87(64-38-31-55-21-13-14-22-57(55)49-64)65-44-47-78-70(50-65)68-25-15-17-27-76(68)90-78)51-73(71)89(63-41-34-59(35-42-63)84(4,5)6)75-53-67(52-74(88)81(75)85)86(60-23-11-8-12-24-60)61-36-29-56(30-37-61)54-19-9-7-10-20-54/h7-53H,1-6H3. The Labute approximate surface area is 531 Å². The normalized spacial score (nSPS) is 12.9. The van der Waals surface area contributed by atoms with Crippen molar-refractivity contribution < 1.29 is 8.83 Å². The highest BCUT2D eigenvalue weighted by Crippen LogP contribution is 2.51. The average Bonchev–Trinajstić information content (AvgIpc) is 1.54. The Balaban J connectivity index is 0.984. The van der Waals surface area contributed by atoms with Crippen molar-refractivity contribution in [3.05, 3.63) is 296 Å².